The van der Waals surface area contributed by atoms with E-state index in [4.69, 9.17) is 4.74 Å². The first-order valence-corrected chi connectivity index (χ1v) is 9.23. The standard InChI is InChI=1S/C18H28N4O3/c1-4-15-14(7-5-10-25-15)17(23)21-9-6-8-18(24,12-21)16-11-22(13(2)3)20-19-16/h11,13,24H,4-10,12H2,1-3H3. The number of piperidine rings is 1. The van der Waals surface area contributed by atoms with Crippen molar-refractivity contribution in [3.63, 3.8) is 0 Å². The minimum Gasteiger partial charge on any atom is -0.497 e. The molecule has 0 aromatic carbocycles. The Morgan fingerprint density at radius 2 is 2.24 bits per heavy atom. The number of allylic oxidation sites excluding steroid dienone is 1. The van der Waals surface area contributed by atoms with E-state index in [1.54, 1.807) is 15.8 Å². The molecule has 7 nitrogen and oxygen atoms in total. The van der Waals surface area contributed by atoms with Gasteiger partial charge in [0.2, 0.25) is 0 Å². The van der Waals surface area contributed by atoms with Crippen molar-refractivity contribution in [2.45, 2.75) is 64.5 Å². The van der Waals surface area contributed by atoms with E-state index < -0.39 is 5.60 Å². The number of carbonyl (C=O) groups is 1. The topological polar surface area (TPSA) is 80.5 Å². The second-order valence-corrected chi connectivity index (χ2v) is 7.25. The van der Waals surface area contributed by atoms with Crippen LogP contribution in [0.5, 0.6) is 0 Å². The number of amides is 1. The fourth-order valence-electron chi connectivity index (χ4n) is 3.56. The van der Waals surface area contributed by atoms with Crippen LogP contribution in [0.15, 0.2) is 17.5 Å². The lowest BCUT2D eigenvalue weighted by molar-refractivity contribution is -0.135. The highest BCUT2D eigenvalue weighted by Crippen LogP contribution is 2.32. The average molecular weight is 348 g/mol. The Morgan fingerprint density at radius 1 is 1.44 bits per heavy atom. The van der Waals surface area contributed by atoms with Gasteiger partial charge in [-0.15, -0.1) is 5.10 Å². The Kier molecular flexibility index (Phi) is 5.13. The lowest BCUT2D eigenvalue weighted by Crippen LogP contribution is -2.49. The number of aliphatic hydroxyl groups is 1. The van der Waals surface area contributed by atoms with Crippen LogP contribution in [0, 0.1) is 0 Å². The van der Waals surface area contributed by atoms with Crippen LogP contribution >= 0.6 is 0 Å². The third kappa shape index (κ3) is 3.56. The number of rotatable bonds is 4. The highest BCUT2D eigenvalue weighted by Gasteiger charge is 2.40. The second kappa shape index (κ2) is 7.15. The predicted molar refractivity (Wildman–Crippen MR) is 92.6 cm³/mol. The molecule has 2 aliphatic heterocycles. The Bertz CT molecular complexity index is 667. The van der Waals surface area contributed by atoms with Gasteiger partial charge in [-0.05, 0) is 39.5 Å². The van der Waals surface area contributed by atoms with Gasteiger partial charge in [0.1, 0.15) is 17.1 Å². The molecule has 7 heteroatoms. The molecule has 1 unspecified atom stereocenters. The summed E-state index contributed by atoms with van der Waals surface area (Å²) in [6.07, 6.45) is 5.46. The smallest absolute Gasteiger partial charge is 0.253 e. The van der Waals surface area contributed by atoms with Crippen LogP contribution in [-0.4, -0.2) is 50.6 Å². The van der Waals surface area contributed by atoms with E-state index >= 15 is 0 Å². The molecule has 138 valence electrons. The van der Waals surface area contributed by atoms with Crippen molar-refractivity contribution in [2.24, 2.45) is 0 Å². The fraction of sp³-hybridized carbons (Fsp3) is 0.722. The van der Waals surface area contributed by atoms with Gasteiger partial charge in [0.25, 0.3) is 5.91 Å². The van der Waals surface area contributed by atoms with Crippen LogP contribution in [0.2, 0.25) is 0 Å². The highest BCUT2D eigenvalue weighted by molar-refractivity contribution is 5.94. The van der Waals surface area contributed by atoms with Crippen molar-refractivity contribution >= 4 is 5.91 Å². The first-order valence-electron chi connectivity index (χ1n) is 9.23. The molecular weight excluding hydrogens is 320 g/mol. The van der Waals surface area contributed by atoms with Crippen LogP contribution in [-0.2, 0) is 15.1 Å². The third-order valence-electron chi connectivity index (χ3n) is 5.04. The van der Waals surface area contributed by atoms with Crippen LogP contribution < -0.4 is 0 Å². The summed E-state index contributed by atoms with van der Waals surface area (Å²) in [4.78, 5) is 14.7. The number of aromatic nitrogens is 3. The van der Waals surface area contributed by atoms with E-state index in [9.17, 15) is 9.90 Å². The molecular formula is C18H28N4O3. The van der Waals surface area contributed by atoms with Crippen molar-refractivity contribution in [1.82, 2.24) is 19.9 Å². The Labute approximate surface area is 148 Å². The summed E-state index contributed by atoms with van der Waals surface area (Å²) in [5.74, 6) is 0.794. The number of hydrogen-bond donors (Lipinski definition) is 1. The molecule has 0 aliphatic carbocycles. The van der Waals surface area contributed by atoms with Gasteiger partial charge >= 0.3 is 0 Å². The van der Waals surface area contributed by atoms with E-state index in [-0.39, 0.29) is 18.5 Å². The van der Waals surface area contributed by atoms with Gasteiger partial charge in [0.05, 0.1) is 24.9 Å². The van der Waals surface area contributed by atoms with E-state index in [2.05, 4.69) is 10.3 Å². The Balaban J connectivity index is 1.80. The molecule has 0 radical (unpaired) electrons. The van der Waals surface area contributed by atoms with Crippen molar-refractivity contribution in [2.75, 3.05) is 19.7 Å². The largest absolute Gasteiger partial charge is 0.497 e. The summed E-state index contributed by atoms with van der Waals surface area (Å²) in [6.45, 7) is 7.62. The van der Waals surface area contributed by atoms with Gasteiger partial charge in [-0.2, -0.15) is 0 Å². The molecule has 2 aliphatic rings. The fourth-order valence-corrected chi connectivity index (χ4v) is 3.56. The minimum atomic E-state index is -1.14. The van der Waals surface area contributed by atoms with Crippen molar-refractivity contribution in [3.05, 3.63) is 23.2 Å². The number of carbonyl (C=O) groups excluding carboxylic acids is 1. The summed E-state index contributed by atoms with van der Waals surface area (Å²) in [5.41, 5.74) is 0.177. The van der Waals surface area contributed by atoms with Crippen LogP contribution in [0.25, 0.3) is 0 Å². The molecule has 25 heavy (non-hydrogen) atoms. The zero-order valence-corrected chi connectivity index (χ0v) is 15.4. The van der Waals surface area contributed by atoms with E-state index in [1.807, 2.05) is 20.8 Å². The maximum atomic E-state index is 13.0. The first-order chi connectivity index (χ1) is 11.9. The minimum absolute atomic E-state index is 0.00840. The summed E-state index contributed by atoms with van der Waals surface area (Å²) < 4.78 is 7.40. The van der Waals surface area contributed by atoms with Crippen molar-refractivity contribution in [3.8, 4) is 0 Å². The molecule has 1 aromatic rings. The maximum absolute atomic E-state index is 13.0. The van der Waals surface area contributed by atoms with Gasteiger partial charge in [-0.25, -0.2) is 4.68 Å². The maximum Gasteiger partial charge on any atom is 0.253 e. The molecule has 0 bridgehead atoms. The quantitative estimate of drug-likeness (QED) is 0.902. The van der Waals surface area contributed by atoms with Gasteiger partial charge < -0.3 is 14.7 Å². The molecule has 1 atom stereocenters. The molecule has 1 aromatic heterocycles. The predicted octanol–water partition coefficient (Wildman–Crippen LogP) is 2.14. The lowest BCUT2D eigenvalue weighted by Gasteiger charge is -2.38. The molecule has 3 rings (SSSR count). The lowest BCUT2D eigenvalue weighted by atomic mass is 9.89. The van der Waals surface area contributed by atoms with Gasteiger partial charge in [0, 0.05) is 19.0 Å². The van der Waals surface area contributed by atoms with Crippen LogP contribution in [0.1, 0.15) is 64.6 Å². The molecule has 1 fully saturated rings. The monoisotopic (exact) mass is 348 g/mol. The van der Waals surface area contributed by atoms with Gasteiger partial charge in [-0.1, -0.05) is 12.1 Å². The molecule has 0 saturated carbocycles. The molecule has 1 saturated heterocycles. The second-order valence-electron chi connectivity index (χ2n) is 7.25. The zero-order chi connectivity index (χ0) is 18.0. The third-order valence-corrected chi connectivity index (χ3v) is 5.04. The van der Waals surface area contributed by atoms with E-state index in [1.165, 1.54) is 0 Å². The molecule has 0 spiro atoms. The number of hydrogen-bond acceptors (Lipinski definition) is 5. The first kappa shape index (κ1) is 17.9. The SMILES string of the molecule is CCC1=C(C(=O)N2CCCC(O)(c3cn(C(C)C)nn3)C2)CCCO1. The summed E-state index contributed by atoms with van der Waals surface area (Å²) in [7, 11) is 0. The summed E-state index contributed by atoms with van der Waals surface area (Å²) >= 11 is 0. The molecule has 1 N–H and O–H groups in total. The number of nitrogens with zero attached hydrogens (tertiary/aromatic N) is 4. The van der Waals surface area contributed by atoms with Gasteiger partial charge in [0.15, 0.2) is 0 Å². The summed E-state index contributed by atoms with van der Waals surface area (Å²) in [5, 5.41) is 19.4. The average Bonchev–Trinajstić information content (AvgIpc) is 3.12. The van der Waals surface area contributed by atoms with Crippen LogP contribution in [0.3, 0.4) is 0 Å². The highest BCUT2D eigenvalue weighted by atomic mass is 16.5. The van der Waals surface area contributed by atoms with E-state index in [0.717, 1.165) is 37.0 Å². The zero-order valence-electron chi connectivity index (χ0n) is 15.4. The van der Waals surface area contributed by atoms with Crippen molar-refractivity contribution < 1.29 is 14.6 Å². The molecule has 3 heterocycles. The number of ether oxygens (including phenoxy) is 1. The normalized spacial score (nSPS) is 24.6. The Morgan fingerprint density at radius 3 is 2.92 bits per heavy atom. The Hall–Kier alpha value is -1.89. The molecule has 1 amide bonds. The summed E-state index contributed by atoms with van der Waals surface area (Å²) in [6, 6.07) is 0.183. The van der Waals surface area contributed by atoms with E-state index in [0.29, 0.717) is 25.3 Å². The van der Waals surface area contributed by atoms with Gasteiger partial charge in [-0.3, -0.25) is 4.79 Å². The number of β-amino-alcohol motifs (C(OH)–C–C–N with tert-alkyl or cyclic N) is 1. The van der Waals surface area contributed by atoms with Crippen molar-refractivity contribution in [1.29, 1.82) is 0 Å². The van der Waals surface area contributed by atoms with Crippen LogP contribution in [0.4, 0.5) is 0 Å². The number of likely N-dealkylation sites (tertiary alicyclic amines) is 1.